The van der Waals surface area contributed by atoms with E-state index < -0.39 is 0 Å². The lowest BCUT2D eigenvalue weighted by molar-refractivity contribution is -0.123. The lowest BCUT2D eigenvalue weighted by Gasteiger charge is -2.21. The average molecular weight is 505 g/mol. The molecule has 2 aromatic heterocycles. The van der Waals surface area contributed by atoms with Crippen molar-refractivity contribution >= 4 is 28.7 Å². The van der Waals surface area contributed by atoms with Gasteiger partial charge in [-0.25, -0.2) is 4.98 Å². The number of imidazole rings is 1. The molecule has 0 aliphatic carbocycles. The molecule has 4 heterocycles. The second kappa shape index (κ2) is 9.34. The third kappa shape index (κ3) is 3.62. The van der Waals surface area contributed by atoms with E-state index in [9.17, 15) is 9.59 Å². The molecule has 0 radical (unpaired) electrons. The lowest BCUT2D eigenvalue weighted by atomic mass is 10.0. The zero-order chi connectivity index (χ0) is 26.4. The number of methoxy groups -OCH3 is 1. The van der Waals surface area contributed by atoms with E-state index in [1.807, 2.05) is 84.3 Å². The largest absolute Gasteiger partial charge is 0.496 e. The van der Waals surface area contributed by atoms with Crippen molar-refractivity contribution in [2.45, 2.75) is 26.7 Å². The van der Waals surface area contributed by atoms with Gasteiger partial charge in [-0.05, 0) is 43.2 Å². The molecule has 1 N–H and O–H groups in total. The molecule has 2 aliphatic rings. The molecule has 0 saturated heterocycles. The third-order valence-corrected chi connectivity index (χ3v) is 7.12. The molecule has 0 saturated carbocycles. The number of nitrogens with zero attached hydrogens (tertiary/aromatic N) is 3. The van der Waals surface area contributed by atoms with Gasteiger partial charge >= 0.3 is 0 Å². The van der Waals surface area contributed by atoms with Gasteiger partial charge in [-0.1, -0.05) is 61.4 Å². The number of ether oxygens (including phenoxy) is 1. The molecule has 0 unspecified atom stereocenters. The van der Waals surface area contributed by atoms with Gasteiger partial charge in [-0.2, -0.15) is 0 Å². The van der Waals surface area contributed by atoms with E-state index in [0.717, 1.165) is 35.0 Å². The first kappa shape index (κ1) is 23.7. The van der Waals surface area contributed by atoms with Gasteiger partial charge in [0.15, 0.2) is 0 Å². The number of fused-ring (bicyclic) bond motifs is 2. The minimum absolute atomic E-state index is 0.173. The Kier molecular flexibility index (Phi) is 5.83. The predicted octanol–water partition coefficient (Wildman–Crippen LogP) is 5.21. The number of benzene rings is 2. The summed E-state index contributed by atoms with van der Waals surface area (Å²) in [5.74, 6) is 0.898. The van der Waals surface area contributed by atoms with Crippen LogP contribution in [0, 0.1) is 6.92 Å². The summed E-state index contributed by atoms with van der Waals surface area (Å²) in [4.78, 5) is 34.2. The van der Waals surface area contributed by atoms with E-state index in [4.69, 9.17) is 9.72 Å². The van der Waals surface area contributed by atoms with Gasteiger partial charge in [0.1, 0.15) is 17.3 Å². The summed E-state index contributed by atoms with van der Waals surface area (Å²) in [6, 6.07) is 21.4. The van der Waals surface area contributed by atoms with E-state index in [0.29, 0.717) is 46.4 Å². The summed E-state index contributed by atoms with van der Waals surface area (Å²) in [6.45, 7) is 4.65. The zero-order valence-electron chi connectivity index (χ0n) is 21.6. The monoisotopic (exact) mass is 504 g/mol. The van der Waals surface area contributed by atoms with Crippen LogP contribution < -0.4 is 10.1 Å². The summed E-state index contributed by atoms with van der Waals surface area (Å²) >= 11 is 0. The van der Waals surface area contributed by atoms with E-state index >= 15 is 0 Å². The van der Waals surface area contributed by atoms with Crippen LogP contribution in [0.1, 0.15) is 36.6 Å². The lowest BCUT2D eigenvalue weighted by Crippen LogP contribution is -2.28. The Bertz CT molecular complexity index is 1660. The number of pyridine rings is 1. The smallest absolute Gasteiger partial charge is 0.261 e. The van der Waals surface area contributed by atoms with Gasteiger partial charge in [-0.3, -0.25) is 14.0 Å². The van der Waals surface area contributed by atoms with E-state index in [-0.39, 0.29) is 11.8 Å². The predicted molar refractivity (Wildman–Crippen MR) is 147 cm³/mol. The highest BCUT2D eigenvalue weighted by Crippen LogP contribution is 2.44. The fourth-order valence-electron chi connectivity index (χ4n) is 5.25. The van der Waals surface area contributed by atoms with Gasteiger partial charge in [0, 0.05) is 12.7 Å². The fraction of sp³-hybridized carbons (Fsp3) is 0.194. The Hall–Kier alpha value is -4.65. The van der Waals surface area contributed by atoms with Crippen molar-refractivity contribution in [3.8, 4) is 17.1 Å². The van der Waals surface area contributed by atoms with Gasteiger partial charge < -0.3 is 15.0 Å². The van der Waals surface area contributed by atoms with Crippen LogP contribution in [0.25, 0.3) is 28.3 Å². The molecule has 0 spiro atoms. The van der Waals surface area contributed by atoms with Crippen LogP contribution in [0.5, 0.6) is 5.75 Å². The summed E-state index contributed by atoms with van der Waals surface area (Å²) < 4.78 is 7.57. The normalized spacial score (nSPS) is 15.1. The van der Waals surface area contributed by atoms with Crippen molar-refractivity contribution in [3.05, 3.63) is 101 Å². The van der Waals surface area contributed by atoms with Crippen molar-refractivity contribution in [3.63, 3.8) is 0 Å². The molecular formula is C31H28N4O3. The highest BCUT2D eigenvalue weighted by molar-refractivity contribution is 6.30. The molecule has 7 heteroatoms. The van der Waals surface area contributed by atoms with Gasteiger partial charge in [0.2, 0.25) is 0 Å². The minimum atomic E-state index is -0.283. The third-order valence-electron chi connectivity index (χ3n) is 7.12. The fourth-order valence-corrected chi connectivity index (χ4v) is 5.25. The molecule has 0 atom stereocenters. The molecule has 6 rings (SSSR count). The van der Waals surface area contributed by atoms with Crippen LogP contribution in [-0.2, 0) is 9.59 Å². The maximum atomic E-state index is 14.0. The highest BCUT2D eigenvalue weighted by atomic mass is 16.5. The minimum Gasteiger partial charge on any atom is -0.496 e. The zero-order valence-corrected chi connectivity index (χ0v) is 21.6. The number of rotatable bonds is 7. The first-order valence-corrected chi connectivity index (χ1v) is 12.8. The number of hydrogen-bond acceptors (Lipinski definition) is 4. The van der Waals surface area contributed by atoms with Crippen molar-refractivity contribution in [1.29, 1.82) is 0 Å². The van der Waals surface area contributed by atoms with Gasteiger partial charge in [-0.15, -0.1) is 0 Å². The second-order valence-electron chi connectivity index (χ2n) is 9.54. The van der Waals surface area contributed by atoms with Crippen LogP contribution in [-0.4, -0.2) is 39.8 Å². The quantitative estimate of drug-likeness (QED) is 0.375. The van der Waals surface area contributed by atoms with Crippen molar-refractivity contribution < 1.29 is 14.3 Å². The molecule has 38 heavy (non-hydrogen) atoms. The molecular weight excluding hydrogens is 476 g/mol. The number of carbonyl (C=O) groups excluding carboxylic acids is 2. The van der Waals surface area contributed by atoms with Crippen LogP contribution in [0.3, 0.4) is 0 Å². The SMILES string of the molecule is CCCCN1C(=O)C2=C(c3nc(-c4ccccc4OC)n4ccccc34)NC(=O)C2=C1c1ccc(C)cc1. The first-order chi connectivity index (χ1) is 18.5. The molecule has 0 fully saturated rings. The summed E-state index contributed by atoms with van der Waals surface area (Å²) in [6.07, 6.45) is 3.70. The van der Waals surface area contributed by atoms with Gasteiger partial charge in [0.25, 0.3) is 11.8 Å². The highest BCUT2D eigenvalue weighted by Gasteiger charge is 2.46. The molecule has 190 valence electrons. The Morgan fingerprint density at radius 3 is 2.47 bits per heavy atom. The van der Waals surface area contributed by atoms with Crippen LogP contribution in [0.4, 0.5) is 0 Å². The molecule has 2 amide bonds. The summed E-state index contributed by atoms with van der Waals surface area (Å²) in [7, 11) is 1.63. The Morgan fingerprint density at radius 2 is 1.71 bits per heavy atom. The number of carbonyl (C=O) groups is 2. The summed E-state index contributed by atoms with van der Waals surface area (Å²) in [5.41, 5.74) is 6.04. The number of unbranched alkanes of at least 4 members (excludes halogenated alkanes) is 1. The number of hydrogen-bond donors (Lipinski definition) is 1. The Labute approximate surface area is 221 Å². The Morgan fingerprint density at radius 1 is 0.947 bits per heavy atom. The number of para-hydroxylation sites is 1. The molecule has 0 bridgehead atoms. The topological polar surface area (TPSA) is 75.9 Å². The second-order valence-corrected chi connectivity index (χ2v) is 9.54. The maximum absolute atomic E-state index is 14.0. The number of aromatic nitrogens is 2. The molecule has 7 nitrogen and oxygen atoms in total. The van der Waals surface area contributed by atoms with Crippen molar-refractivity contribution in [2.24, 2.45) is 0 Å². The van der Waals surface area contributed by atoms with E-state index in [1.54, 1.807) is 12.0 Å². The van der Waals surface area contributed by atoms with Crippen molar-refractivity contribution in [1.82, 2.24) is 19.6 Å². The average Bonchev–Trinajstić information content (AvgIpc) is 3.58. The van der Waals surface area contributed by atoms with Crippen molar-refractivity contribution in [2.75, 3.05) is 13.7 Å². The van der Waals surface area contributed by atoms with Crippen LogP contribution in [0.2, 0.25) is 0 Å². The molecule has 4 aromatic rings. The summed E-state index contributed by atoms with van der Waals surface area (Å²) in [5, 5.41) is 3.00. The first-order valence-electron chi connectivity index (χ1n) is 12.8. The van der Waals surface area contributed by atoms with Gasteiger partial charge in [0.05, 0.1) is 40.7 Å². The number of amides is 2. The molecule has 2 aromatic carbocycles. The Balaban J connectivity index is 1.59. The van der Waals surface area contributed by atoms with E-state index in [2.05, 4.69) is 12.2 Å². The van der Waals surface area contributed by atoms with Crippen LogP contribution >= 0.6 is 0 Å². The maximum Gasteiger partial charge on any atom is 0.261 e. The standard InChI is InChI=1S/C31H28N4O3/c1-4-5-17-35-28(20-15-13-19(2)14-16-20)25-24(31(35)37)27(33-30(25)36)26-22-11-8-9-18-34(22)29(32-26)21-10-6-7-12-23(21)38-3/h6-16,18H,4-5,17H2,1-3H3,(H,33,36). The van der Waals surface area contributed by atoms with Crippen LogP contribution in [0.15, 0.2) is 84.1 Å². The molecule has 2 aliphatic heterocycles. The number of aryl methyl sites for hydroxylation is 1. The number of nitrogens with one attached hydrogen (secondary N) is 1. The van der Waals surface area contributed by atoms with E-state index in [1.165, 1.54) is 0 Å².